The number of halogens is 2. The van der Waals surface area contributed by atoms with Gasteiger partial charge in [-0.15, -0.1) is 0 Å². The molecule has 1 amide bonds. The SMILES string of the molecule is O=C(/C=C/c1ccc(OC(F)F)cc1)NCC1CCCCC1. The van der Waals surface area contributed by atoms with Gasteiger partial charge in [0, 0.05) is 12.6 Å². The number of hydrogen-bond acceptors (Lipinski definition) is 2. The molecule has 1 aliphatic carbocycles. The van der Waals surface area contributed by atoms with Crippen molar-refractivity contribution >= 4 is 12.0 Å². The molecule has 0 heterocycles. The first kappa shape index (κ1) is 16.5. The molecule has 1 aliphatic rings. The van der Waals surface area contributed by atoms with E-state index in [1.165, 1.54) is 50.3 Å². The molecule has 5 heteroatoms. The fourth-order valence-electron chi connectivity index (χ4n) is 2.63. The molecule has 1 aromatic carbocycles. The molecule has 0 saturated heterocycles. The van der Waals surface area contributed by atoms with E-state index >= 15 is 0 Å². The Labute approximate surface area is 129 Å². The summed E-state index contributed by atoms with van der Waals surface area (Å²) in [5.74, 6) is 0.573. The second-order valence-corrected chi connectivity index (χ2v) is 5.53. The fraction of sp³-hybridized carbons (Fsp3) is 0.471. The summed E-state index contributed by atoms with van der Waals surface area (Å²) in [6.45, 7) is -2.10. The van der Waals surface area contributed by atoms with Crippen LogP contribution < -0.4 is 10.1 Å². The summed E-state index contributed by atoms with van der Waals surface area (Å²) in [4.78, 5) is 11.7. The number of benzene rings is 1. The average molecular weight is 309 g/mol. The molecule has 2 rings (SSSR count). The van der Waals surface area contributed by atoms with Crippen LogP contribution >= 0.6 is 0 Å². The van der Waals surface area contributed by atoms with Crippen LogP contribution in [0.25, 0.3) is 6.08 Å². The number of hydrogen-bond donors (Lipinski definition) is 1. The van der Waals surface area contributed by atoms with Crippen LogP contribution in [0.3, 0.4) is 0 Å². The van der Waals surface area contributed by atoms with Crippen molar-refractivity contribution in [3.05, 3.63) is 35.9 Å². The van der Waals surface area contributed by atoms with Crippen LogP contribution in [0.1, 0.15) is 37.7 Å². The van der Waals surface area contributed by atoms with Gasteiger partial charge in [0.05, 0.1) is 0 Å². The molecule has 1 aromatic rings. The van der Waals surface area contributed by atoms with Crippen molar-refractivity contribution in [2.45, 2.75) is 38.7 Å². The van der Waals surface area contributed by atoms with Gasteiger partial charge in [-0.25, -0.2) is 0 Å². The van der Waals surface area contributed by atoms with Crippen molar-refractivity contribution in [2.24, 2.45) is 5.92 Å². The molecule has 0 unspecified atom stereocenters. The zero-order chi connectivity index (χ0) is 15.8. The zero-order valence-corrected chi connectivity index (χ0v) is 12.4. The number of carbonyl (C=O) groups is 1. The molecule has 1 N–H and O–H groups in total. The molecule has 0 radical (unpaired) electrons. The number of alkyl halides is 2. The van der Waals surface area contributed by atoms with Gasteiger partial charge in [-0.1, -0.05) is 31.4 Å². The molecule has 1 saturated carbocycles. The summed E-state index contributed by atoms with van der Waals surface area (Å²) >= 11 is 0. The van der Waals surface area contributed by atoms with E-state index in [2.05, 4.69) is 10.1 Å². The zero-order valence-electron chi connectivity index (χ0n) is 12.4. The van der Waals surface area contributed by atoms with Crippen LogP contribution in [0.4, 0.5) is 8.78 Å². The first-order valence-electron chi connectivity index (χ1n) is 7.64. The summed E-state index contributed by atoms with van der Waals surface area (Å²) in [5.41, 5.74) is 0.759. The average Bonchev–Trinajstić information content (AvgIpc) is 2.53. The van der Waals surface area contributed by atoms with Gasteiger partial charge in [-0.05, 0) is 42.5 Å². The van der Waals surface area contributed by atoms with Gasteiger partial charge < -0.3 is 10.1 Å². The number of rotatable bonds is 6. The highest BCUT2D eigenvalue weighted by Gasteiger charge is 2.13. The summed E-state index contributed by atoms with van der Waals surface area (Å²) in [5, 5.41) is 2.91. The van der Waals surface area contributed by atoms with Crippen molar-refractivity contribution in [2.75, 3.05) is 6.54 Å². The lowest BCUT2D eigenvalue weighted by atomic mass is 9.89. The molecule has 0 spiro atoms. The Morgan fingerprint density at radius 2 is 1.91 bits per heavy atom. The number of nitrogens with one attached hydrogen (secondary N) is 1. The molecular weight excluding hydrogens is 288 g/mol. The number of ether oxygens (including phenoxy) is 1. The van der Waals surface area contributed by atoms with E-state index in [1.807, 2.05) is 0 Å². The molecule has 3 nitrogen and oxygen atoms in total. The van der Waals surface area contributed by atoms with Crippen molar-refractivity contribution in [1.29, 1.82) is 0 Å². The van der Waals surface area contributed by atoms with Crippen LogP contribution in [0.2, 0.25) is 0 Å². The van der Waals surface area contributed by atoms with E-state index in [0.717, 1.165) is 12.1 Å². The van der Waals surface area contributed by atoms with Crippen LogP contribution in [0, 0.1) is 5.92 Å². The third-order valence-corrected chi connectivity index (χ3v) is 3.82. The highest BCUT2D eigenvalue weighted by molar-refractivity contribution is 5.91. The minimum absolute atomic E-state index is 0.105. The van der Waals surface area contributed by atoms with E-state index in [9.17, 15) is 13.6 Å². The van der Waals surface area contributed by atoms with Crippen molar-refractivity contribution in [3.8, 4) is 5.75 Å². The standard InChI is InChI=1S/C17H21F2NO2/c18-17(19)22-15-9-6-13(7-10-15)8-11-16(21)20-12-14-4-2-1-3-5-14/h6-11,14,17H,1-5,12H2,(H,20,21)/b11-8+. The van der Waals surface area contributed by atoms with Crippen molar-refractivity contribution in [1.82, 2.24) is 5.32 Å². The van der Waals surface area contributed by atoms with Gasteiger partial charge in [-0.2, -0.15) is 8.78 Å². The lowest BCUT2D eigenvalue weighted by Crippen LogP contribution is -2.28. The maximum atomic E-state index is 12.0. The third-order valence-electron chi connectivity index (χ3n) is 3.82. The van der Waals surface area contributed by atoms with E-state index in [0.29, 0.717) is 5.92 Å². The summed E-state index contributed by atoms with van der Waals surface area (Å²) in [6.07, 6.45) is 9.31. The molecule has 22 heavy (non-hydrogen) atoms. The Morgan fingerprint density at radius 3 is 2.55 bits per heavy atom. The van der Waals surface area contributed by atoms with Gasteiger partial charge in [0.15, 0.2) is 0 Å². The maximum absolute atomic E-state index is 12.0. The summed E-state index contributed by atoms with van der Waals surface area (Å²) in [6, 6.07) is 6.16. The van der Waals surface area contributed by atoms with Gasteiger partial charge in [0.25, 0.3) is 0 Å². The Hall–Kier alpha value is -1.91. The monoisotopic (exact) mass is 309 g/mol. The summed E-state index contributed by atoms with van der Waals surface area (Å²) < 4.78 is 28.3. The van der Waals surface area contributed by atoms with Crippen LogP contribution in [0.15, 0.2) is 30.3 Å². The lowest BCUT2D eigenvalue weighted by molar-refractivity contribution is -0.116. The second kappa shape index (κ2) is 8.51. The number of carbonyl (C=O) groups excluding carboxylic acids is 1. The third kappa shape index (κ3) is 5.84. The predicted octanol–water partition coefficient (Wildman–Crippen LogP) is 4.00. The van der Waals surface area contributed by atoms with E-state index in [4.69, 9.17) is 0 Å². The van der Waals surface area contributed by atoms with Crippen LogP contribution in [-0.4, -0.2) is 19.1 Å². The van der Waals surface area contributed by atoms with Gasteiger partial charge in [-0.3, -0.25) is 4.79 Å². The lowest BCUT2D eigenvalue weighted by Gasteiger charge is -2.21. The van der Waals surface area contributed by atoms with Crippen molar-refractivity contribution < 1.29 is 18.3 Å². The quantitative estimate of drug-likeness (QED) is 0.807. The van der Waals surface area contributed by atoms with Gasteiger partial charge in [0.1, 0.15) is 5.75 Å². The minimum atomic E-state index is -2.83. The Balaban J connectivity index is 1.76. The second-order valence-electron chi connectivity index (χ2n) is 5.53. The Kier molecular flexibility index (Phi) is 6.37. The smallest absolute Gasteiger partial charge is 0.387 e. The normalized spacial score (nSPS) is 16.1. The molecule has 120 valence electrons. The fourth-order valence-corrected chi connectivity index (χ4v) is 2.63. The van der Waals surface area contributed by atoms with Crippen LogP contribution in [-0.2, 0) is 4.79 Å². The van der Waals surface area contributed by atoms with Crippen molar-refractivity contribution in [3.63, 3.8) is 0 Å². The largest absolute Gasteiger partial charge is 0.435 e. The first-order valence-corrected chi connectivity index (χ1v) is 7.64. The van der Waals surface area contributed by atoms with E-state index in [1.54, 1.807) is 18.2 Å². The molecule has 0 aliphatic heterocycles. The molecule has 0 aromatic heterocycles. The van der Waals surface area contributed by atoms with Gasteiger partial charge >= 0.3 is 6.61 Å². The Bertz CT molecular complexity index is 494. The first-order chi connectivity index (χ1) is 10.6. The highest BCUT2D eigenvalue weighted by Crippen LogP contribution is 2.22. The minimum Gasteiger partial charge on any atom is -0.435 e. The topological polar surface area (TPSA) is 38.3 Å². The molecular formula is C17H21F2NO2. The predicted molar refractivity (Wildman–Crippen MR) is 81.7 cm³/mol. The number of amides is 1. The molecule has 0 atom stereocenters. The van der Waals surface area contributed by atoms with E-state index < -0.39 is 6.61 Å². The highest BCUT2D eigenvalue weighted by atomic mass is 19.3. The molecule has 1 fully saturated rings. The van der Waals surface area contributed by atoms with E-state index in [-0.39, 0.29) is 11.7 Å². The van der Waals surface area contributed by atoms with Gasteiger partial charge in [0.2, 0.25) is 5.91 Å². The summed E-state index contributed by atoms with van der Waals surface area (Å²) in [7, 11) is 0. The Morgan fingerprint density at radius 1 is 1.23 bits per heavy atom. The van der Waals surface area contributed by atoms with Crippen LogP contribution in [0.5, 0.6) is 5.75 Å². The molecule has 0 bridgehead atoms. The maximum Gasteiger partial charge on any atom is 0.387 e.